The zero-order valence-corrected chi connectivity index (χ0v) is 27.2. The number of nitrogens with zero attached hydrogens (tertiary/aromatic N) is 4. The zero-order valence-electron chi connectivity index (χ0n) is 27.2. The molecule has 2 saturated heterocycles. The number of carbonyl (C=O) groups is 4. The Labute approximate surface area is 271 Å². The Morgan fingerprint density at radius 1 is 0.935 bits per heavy atom. The minimum absolute atomic E-state index is 0.00230. The quantitative estimate of drug-likeness (QED) is 0.350. The number of nitrogens with one attached hydrogen (secondary N) is 3. The normalized spacial score (nSPS) is 24.2. The first kappa shape index (κ1) is 32.2. The van der Waals surface area contributed by atoms with E-state index in [4.69, 9.17) is 0 Å². The maximum atomic E-state index is 13.8. The molecule has 2 saturated carbocycles. The van der Waals surface area contributed by atoms with Gasteiger partial charge in [-0.25, -0.2) is 0 Å². The van der Waals surface area contributed by atoms with Gasteiger partial charge in [-0.1, -0.05) is 50.5 Å². The van der Waals surface area contributed by atoms with E-state index in [9.17, 15) is 19.2 Å². The van der Waals surface area contributed by atoms with Gasteiger partial charge in [0.15, 0.2) is 0 Å². The third-order valence-corrected chi connectivity index (χ3v) is 10.9. The second-order valence-corrected chi connectivity index (χ2v) is 13.7. The largest absolute Gasteiger partial charge is 0.350 e. The van der Waals surface area contributed by atoms with Gasteiger partial charge in [-0.2, -0.15) is 5.10 Å². The van der Waals surface area contributed by atoms with Crippen molar-refractivity contribution in [2.75, 3.05) is 19.6 Å². The number of carbonyl (C=O) groups excluding carboxylic acids is 4. The minimum Gasteiger partial charge on any atom is -0.350 e. The highest BCUT2D eigenvalue weighted by atomic mass is 16.2. The van der Waals surface area contributed by atoms with Crippen LogP contribution in [0.25, 0.3) is 0 Å². The van der Waals surface area contributed by atoms with Gasteiger partial charge in [0.2, 0.25) is 17.7 Å². The predicted molar refractivity (Wildman–Crippen MR) is 173 cm³/mol. The summed E-state index contributed by atoms with van der Waals surface area (Å²) >= 11 is 0. The van der Waals surface area contributed by atoms with Crippen LogP contribution in [-0.2, 0) is 34.4 Å². The van der Waals surface area contributed by atoms with E-state index >= 15 is 0 Å². The molecule has 4 fully saturated rings. The molecule has 248 valence electrons. The molecular formula is C35H49N7O4. The summed E-state index contributed by atoms with van der Waals surface area (Å²) in [7, 11) is 1.71. The molecule has 3 N–H and O–H groups in total. The van der Waals surface area contributed by atoms with E-state index in [2.05, 4.69) is 25.9 Å². The van der Waals surface area contributed by atoms with Crippen LogP contribution in [0, 0.1) is 11.8 Å². The average molecular weight is 632 g/mol. The standard InChI is InChI=1S/C35H49N7O4/c1-3-31(43)38-28(35(46)41-17-18-42-27-14-13-26(20-27)30(42)22-41)19-23-9-11-24(12-10-23)21-36-34(45)32(25-7-5-4-6-8-25)39-33(44)29-15-16-37-40(29)2/h9-12,15-16,25-28,30,32H,3-8,13-14,17-22H2,1-2H3,(H,36,45)(H,38,43)(H,39,44)/t26-,27+,28-,30-,32?/m1/s1. The summed E-state index contributed by atoms with van der Waals surface area (Å²) in [6.07, 6.45) is 11.2. The van der Waals surface area contributed by atoms with E-state index in [0.717, 1.165) is 56.3 Å². The molecule has 4 amide bonds. The van der Waals surface area contributed by atoms with Crippen LogP contribution in [0.1, 0.15) is 86.3 Å². The van der Waals surface area contributed by atoms with Crippen LogP contribution in [0.3, 0.4) is 0 Å². The number of piperidine rings is 1. The lowest BCUT2D eigenvalue weighted by molar-refractivity contribution is -0.139. The number of hydrogen-bond acceptors (Lipinski definition) is 6. The SMILES string of the molecule is CCC(=O)N[C@H](Cc1ccc(CNC(=O)C(NC(=O)c2ccnn2C)C2CCCCC2)cc1)C(=O)N1CCN2[C@H]3CC[C@H](C3)[C@H]2C1. The summed E-state index contributed by atoms with van der Waals surface area (Å²) in [6, 6.07) is 9.42. The molecule has 1 aromatic carbocycles. The smallest absolute Gasteiger partial charge is 0.270 e. The predicted octanol–water partition coefficient (Wildman–Crippen LogP) is 2.55. The van der Waals surface area contributed by atoms with Crippen LogP contribution in [0.5, 0.6) is 0 Å². The Kier molecular flexibility index (Phi) is 10.1. The Hall–Kier alpha value is -3.73. The van der Waals surface area contributed by atoms with Crippen LogP contribution < -0.4 is 16.0 Å². The van der Waals surface area contributed by atoms with Crippen molar-refractivity contribution in [3.05, 3.63) is 53.3 Å². The first-order valence-corrected chi connectivity index (χ1v) is 17.3. The van der Waals surface area contributed by atoms with Crippen LogP contribution in [-0.4, -0.2) is 87.0 Å². The highest BCUT2D eigenvalue weighted by Crippen LogP contribution is 2.43. The van der Waals surface area contributed by atoms with E-state index in [0.29, 0.717) is 49.6 Å². The molecule has 4 aliphatic rings. The first-order valence-electron chi connectivity index (χ1n) is 17.3. The highest BCUT2D eigenvalue weighted by Gasteiger charge is 2.48. The highest BCUT2D eigenvalue weighted by molar-refractivity contribution is 5.96. The maximum absolute atomic E-state index is 13.8. The Balaban J connectivity index is 1.06. The van der Waals surface area contributed by atoms with E-state index in [-0.39, 0.29) is 29.5 Å². The molecule has 3 heterocycles. The number of benzene rings is 1. The second-order valence-electron chi connectivity index (χ2n) is 13.7. The minimum atomic E-state index is -0.614. The molecular weight excluding hydrogens is 582 g/mol. The summed E-state index contributed by atoms with van der Waals surface area (Å²) in [5, 5.41) is 13.1. The maximum Gasteiger partial charge on any atom is 0.270 e. The first-order chi connectivity index (χ1) is 22.3. The summed E-state index contributed by atoms with van der Waals surface area (Å²) in [5.41, 5.74) is 2.29. The van der Waals surface area contributed by atoms with Gasteiger partial charge >= 0.3 is 0 Å². The van der Waals surface area contributed by atoms with Gasteiger partial charge in [0.25, 0.3) is 5.91 Å². The summed E-state index contributed by atoms with van der Waals surface area (Å²) < 4.78 is 1.51. The average Bonchev–Trinajstić information content (AvgIpc) is 3.83. The van der Waals surface area contributed by atoms with Gasteiger partial charge in [0.1, 0.15) is 17.8 Å². The van der Waals surface area contributed by atoms with Crippen LogP contribution in [0.4, 0.5) is 0 Å². The number of hydrogen-bond donors (Lipinski definition) is 3. The number of piperazine rings is 1. The number of aromatic nitrogens is 2. The summed E-state index contributed by atoms with van der Waals surface area (Å²) in [4.78, 5) is 57.2. The molecule has 1 aromatic heterocycles. The fourth-order valence-corrected chi connectivity index (χ4v) is 8.26. The van der Waals surface area contributed by atoms with Gasteiger partial charge < -0.3 is 20.9 Å². The fraction of sp³-hybridized carbons (Fsp3) is 0.629. The molecule has 2 aliphatic heterocycles. The van der Waals surface area contributed by atoms with Crippen molar-refractivity contribution in [2.45, 2.75) is 102 Å². The van der Waals surface area contributed by atoms with Gasteiger partial charge in [0.05, 0.1) is 0 Å². The Morgan fingerprint density at radius 2 is 1.70 bits per heavy atom. The summed E-state index contributed by atoms with van der Waals surface area (Å²) in [6.45, 7) is 4.51. The second kappa shape index (κ2) is 14.4. The van der Waals surface area contributed by atoms with E-state index < -0.39 is 12.1 Å². The van der Waals surface area contributed by atoms with Crippen molar-refractivity contribution >= 4 is 23.6 Å². The molecule has 0 spiro atoms. The molecule has 2 aromatic rings. The van der Waals surface area contributed by atoms with Crippen molar-refractivity contribution in [3.8, 4) is 0 Å². The molecule has 2 aliphatic carbocycles. The van der Waals surface area contributed by atoms with Gasteiger partial charge in [-0.05, 0) is 61.1 Å². The van der Waals surface area contributed by atoms with Crippen molar-refractivity contribution in [1.82, 2.24) is 35.5 Å². The van der Waals surface area contributed by atoms with Crippen molar-refractivity contribution in [1.29, 1.82) is 0 Å². The number of amides is 4. The number of rotatable bonds is 11. The van der Waals surface area contributed by atoms with Crippen molar-refractivity contribution in [2.24, 2.45) is 18.9 Å². The van der Waals surface area contributed by atoms with Gasteiger partial charge in [0, 0.05) is 64.3 Å². The Morgan fingerprint density at radius 3 is 2.41 bits per heavy atom. The molecule has 6 rings (SSSR count). The van der Waals surface area contributed by atoms with E-state index in [1.807, 2.05) is 29.2 Å². The van der Waals surface area contributed by atoms with E-state index in [1.54, 1.807) is 26.2 Å². The molecule has 11 nitrogen and oxygen atoms in total. The van der Waals surface area contributed by atoms with Crippen molar-refractivity contribution in [3.63, 3.8) is 0 Å². The van der Waals surface area contributed by atoms with Crippen LogP contribution >= 0.6 is 0 Å². The van der Waals surface area contributed by atoms with Crippen LogP contribution in [0.2, 0.25) is 0 Å². The molecule has 1 unspecified atom stereocenters. The lowest BCUT2D eigenvalue weighted by atomic mass is 9.83. The topological polar surface area (TPSA) is 129 Å². The third-order valence-electron chi connectivity index (χ3n) is 10.9. The molecule has 2 bridgehead atoms. The summed E-state index contributed by atoms with van der Waals surface area (Å²) in [5.74, 6) is 0.170. The monoisotopic (exact) mass is 631 g/mol. The molecule has 46 heavy (non-hydrogen) atoms. The molecule has 5 atom stereocenters. The lowest BCUT2D eigenvalue weighted by Gasteiger charge is -2.44. The van der Waals surface area contributed by atoms with Gasteiger partial charge in [-0.15, -0.1) is 0 Å². The Bertz CT molecular complexity index is 1400. The fourth-order valence-electron chi connectivity index (χ4n) is 8.26. The van der Waals surface area contributed by atoms with Gasteiger partial charge in [-0.3, -0.25) is 28.8 Å². The lowest BCUT2D eigenvalue weighted by Crippen LogP contribution is -2.60. The third kappa shape index (κ3) is 7.14. The molecule has 0 radical (unpaired) electrons. The zero-order chi connectivity index (χ0) is 32.2. The van der Waals surface area contributed by atoms with Crippen LogP contribution in [0.15, 0.2) is 36.5 Å². The molecule has 11 heteroatoms. The van der Waals surface area contributed by atoms with E-state index in [1.165, 1.54) is 23.9 Å². The number of aryl methyl sites for hydroxylation is 1. The number of fused-ring (bicyclic) bond motifs is 5. The van der Waals surface area contributed by atoms with Crippen molar-refractivity contribution < 1.29 is 19.2 Å².